The summed E-state index contributed by atoms with van der Waals surface area (Å²) in [5, 5.41) is 4.74. The predicted octanol–water partition coefficient (Wildman–Crippen LogP) is 3.48. The SMILES string of the molecule is Cl.Clc1cc(N2CCNCC2)cc(Cl)c1Cl. The third kappa shape index (κ3) is 3.08. The third-order valence-corrected chi connectivity index (χ3v) is 3.65. The average molecular weight is 302 g/mol. The number of benzene rings is 1. The molecule has 1 saturated heterocycles. The summed E-state index contributed by atoms with van der Waals surface area (Å²) < 4.78 is 0. The molecule has 1 heterocycles. The summed E-state index contributed by atoms with van der Waals surface area (Å²) in [6.07, 6.45) is 0. The number of rotatable bonds is 1. The fourth-order valence-electron chi connectivity index (χ4n) is 1.65. The van der Waals surface area contributed by atoms with Gasteiger partial charge in [0.2, 0.25) is 0 Å². The minimum atomic E-state index is 0. The van der Waals surface area contributed by atoms with Gasteiger partial charge in [0.05, 0.1) is 15.1 Å². The molecule has 0 bridgehead atoms. The first-order valence-electron chi connectivity index (χ1n) is 4.78. The van der Waals surface area contributed by atoms with Gasteiger partial charge in [-0.05, 0) is 12.1 Å². The summed E-state index contributed by atoms with van der Waals surface area (Å²) in [7, 11) is 0. The highest BCUT2D eigenvalue weighted by atomic mass is 35.5. The van der Waals surface area contributed by atoms with E-state index in [-0.39, 0.29) is 12.4 Å². The van der Waals surface area contributed by atoms with Gasteiger partial charge in [-0.2, -0.15) is 0 Å². The number of hydrogen-bond acceptors (Lipinski definition) is 2. The Kier molecular flexibility index (Phi) is 5.48. The Hall–Kier alpha value is 0.140. The first-order chi connectivity index (χ1) is 7.18. The fraction of sp³-hybridized carbons (Fsp3) is 0.400. The molecule has 1 aliphatic rings. The first-order valence-corrected chi connectivity index (χ1v) is 5.92. The zero-order valence-electron chi connectivity index (χ0n) is 8.47. The molecule has 16 heavy (non-hydrogen) atoms. The van der Waals surface area contributed by atoms with Crippen molar-refractivity contribution in [1.29, 1.82) is 0 Å². The van der Waals surface area contributed by atoms with Crippen LogP contribution in [0.25, 0.3) is 0 Å². The van der Waals surface area contributed by atoms with Crippen LogP contribution in [0.1, 0.15) is 0 Å². The molecule has 1 fully saturated rings. The van der Waals surface area contributed by atoms with E-state index in [0.29, 0.717) is 15.1 Å². The Bertz CT molecular complexity index is 341. The van der Waals surface area contributed by atoms with Crippen LogP contribution in [0.2, 0.25) is 15.1 Å². The Labute approximate surface area is 116 Å². The van der Waals surface area contributed by atoms with Gasteiger partial charge in [-0.25, -0.2) is 0 Å². The number of anilines is 1. The highest BCUT2D eigenvalue weighted by Gasteiger charge is 2.13. The Morgan fingerprint density at radius 1 is 1.00 bits per heavy atom. The van der Waals surface area contributed by atoms with Gasteiger partial charge in [-0.15, -0.1) is 12.4 Å². The molecule has 0 aromatic heterocycles. The molecule has 0 amide bonds. The maximum atomic E-state index is 5.98. The zero-order valence-corrected chi connectivity index (χ0v) is 11.6. The molecule has 1 aliphatic heterocycles. The zero-order chi connectivity index (χ0) is 10.8. The molecule has 6 heteroatoms. The molecule has 0 aliphatic carbocycles. The molecule has 0 unspecified atom stereocenters. The Morgan fingerprint density at radius 3 is 2.00 bits per heavy atom. The van der Waals surface area contributed by atoms with Gasteiger partial charge in [0.1, 0.15) is 0 Å². The molecule has 0 saturated carbocycles. The van der Waals surface area contributed by atoms with E-state index in [0.717, 1.165) is 31.9 Å². The highest BCUT2D eigenvalue weighted by Crippen LogP contribution is 2.34. The minimum absolute atomic E-state index is 0. The topological polar surface area (TPSA) is 15.3 Å². The predicted molar refractivity (Wildman–Crippen MR) is 73.8 cm³/mol. The molecule has 1 aromatic carbocycles. The second-order valence-corrected chi connectivity index (χ2v) is 4.65. The average Bonchev–Trinajstić information content (AvgIpc) is 2.26. The summed E-state index contributed by atoms with van der Waals surface area (Å²) >= 11 is 17.9. The number of nitrogens with one attached hydrogen (secondary N) is 1. The number of piperazine rings is 1. The lowest BCUT2D eigenvalue weighted by Crippen LogP contribution is -2.43. The van der Waals surface area contributed by atoms with Crippen LogP contribution in [0.4, 0.5) is 5.69 Å². The van der Waals surface area contributed by atoms with Crippen LogP contribution in [0.15, 0.2) is 12.1 Å². The lowest BCUT2D eigenvalue weighted by Gasteiger charge is -2.29. The van der Waals surface area contributed by atoms with Crippen molar-refractivity contribution in [3.8, 4) is 0 Å². The Morgan fingerprint density at radius 2 is 1.50 bits per heavy atom. The van der Waals surface area contributed by atoms with Crippen molar-refractivity contribution in [1.82, 2.24) is 5.32 Å². The second kappa shape index (κ2) is 6.18. The number of halogens is 4. The monoisotopic (exact) mass is 300 g/mol. The number of nitrogens with zero attached hydrogens (tertiary/aromatic N) is 1. The van der Waals surface area contributed by atoms with Gasteiger partial charge in [0, 0.05) is 31.9 Å². The van der Waals surface area contributed by atoms with Crippen molar-refractivity contribution < 1.29 is 0 Å². The molecule has 90 valence electrons. The molecule has 1 aromatic rings. The van der Waals surface area contributed by atoms with Crippen LogP contribution >= 0.6 is 47.2 Å². The molecular weight excluding hydrogens is 290 g/mol. The maximum absolute atomic E-state index is 5.98. The van der Waals surface area contributed by atoms with E-state index in [4.69, 9.17) is 34.8 Å². The van der Waals surface area contributed by atoms with Crippen molar-refractivity contribution in [2.75, 3.05) is 31.1 Å². The standard InChI is InChI=1S/C10H11Cl3N2.ClH/c11-8-5-7(6-9(12)10(8)13)15-3-1-14-2-4-15;/h5-6,14H,1-4H2;1H. The molecule has 2 rings (SSSR count). The van der Waals surface area contributed by atoms with Gasteiger partial charge in [0.15, 0.2) is 0 Å². The van der Waals surface area contributed by atoms with Crippen molar-refractivity contribution in [2.24, 2.45) is 0 Å². The molecule has 2 nitrogen and oxygen atoms in total. The van der Waals surface area contributed by atoms with Crippen LogP contribution in [-0.2, 0) is 0 Å². The van der Waals surface area contributed by atoms with Gasteiger partial charge < -0.3 is 10.2 Å². The van der Waals surface area contributed by atoms with E-state index in [1.54, 1.807) is 0 Å². The van der Waals surface area contributed by atoms with E-state index >= 15 is 0 Å². The third-order valence-electron chi connectivity index (χ3n) is 2.45. The minimum Gasteiger partial charge on any atom is -0.369 e. The van der Waals surface area contributed by atoms with E-state index in [1.165, 1.54) is 0 Å². The number of hydrogen-bond donors (Lipinski definition) is 1. The summed E-state index contributed by atoms with van der Waals surface area (Å²) in [6.45, 7) is 3.90. The largest absolute Gasteiger partial charge is 0.369 e. The van der Waals surface area contributed by atoms with Crippen LogP contribution < -0.4 is 10.2 Å². The van der Waals surface area contributed by atoms with Gasteiger partial charge >= 0.3 is 0 Å². The van der Waals surface area contributed by atoms with Gasteiger partial charge in [0.25, 0.3) is 0 Å². The summed E-state index contributed by atoms with van der Waals surface area (Å²) in [6, 6.07) is 3.72. The summed E-state index contributed by atoms with van der Waals surface area (Å²) in [5.74, 6) is 0. The van der Waals surface area contributed by atoms with Crippen LogP contribution in [0.5, 0.6) is 0 Å². The van der Waals surface area contributed by atoms with Crippen LogP contribution in [0, 0.1) is 0 Å². The molecule has 0 spiro atoms. The lowest BCUT2D eigenvalue weighted by molar-refractivity contribution is 0.589. The first kappa shape index (κ1) is 14.2. The quantitative estimate of drug-likeness (QED) is 0.799. The second-order valence-electron chi connectivity index (χ2n) is 3.46. The molecule has 1 N–H and O–H groups in total. The fourth-order valence-corrected chi connectivity index (χ4v) is 2.23. The highest BCUT2D eigenvalue weighted by molar-refractivity contribution is 6.48. The molecular formula is C10H12Cl4N2. The summed E-state index contributed by atoms with van der Waals surface area (Å²) in [4.78, 5) is 2.24. The van der Waals surface area contributed by atoms with Gasteiger partial charge in [-0.1, -0.05) is 34.8 Å². The van der Waals surface area contributed by atoms with Crippen LogP contribution in [0.3, 0.4) is 0 Å². The van der Waals surface area contributed by atoms with Crippen molar-refractivity contribution in [3.63, 3.8) is 0 Å². The lowest BCUT2D eigenvalue weighted by atomic mass is 10.2. The molecule has 0 radical (unpaired) electrons. The maximum Gasteiger partial charge on any atom is 0.0780 e. The van der Waals surface area contributed by atoms with E-state index in [1.807, 2.05) is 12.1 Å². The van der Waals surface area contributed by atoms with Crippen molar-refractivity contribution in [3.05, 3.63) is 27.2 Å². The summed E-state index contributed by atoms with van der Waals surface area (Å²) in [5.41, 5.74) is 1.04. The molecule has 0 atom stereocenters. The Balaban J connectivity index is 0.00000128. The van der Waals surface area contributed by atoms with E-state index in [9.17, 15) is 0 Å². The normalized spacial score (nSPS) is 15.8. The van der Waals surface area contributed by atoms with Crippen molar-refractivity contribution >= 4 is 52.9 Å². The van der Waals surface area contributed by atoms with Crippen molar-refractivity contribution in [2.45, 2.75) is 0 Å². The smallest absolute Gasteiger partial charge is 0.0780 e. The van der Waals surface area contributed by atoms with Crippen LogP contribution in [-0.4, -0.2) is 26.2 Å². The van der Waals surface area contributed by atoms with E-state index < -0.39 is 0 Å². The van der Waals surface area contributed by atoms with E-state index in [2.05, 4.69) is 10.2 Å². The van der Waals surface area contributed by atoms with Gasteiger partial charge in [-0.3, -0.25) is 0 Å².